The molecule has 1 atom stereocenters. The Morgan fingerprint density at radius 1 is 1.05 bits per heavy atom. The van der Waals surface area contributed by atoms with Crippen LogP contribution in [-0.2, 0) is 0 Å². The van der Waals surface area contributed by atoms with Gasteiger partial charge in [-0.25, -0.2) is 4.79 Å². The van der Waals surface area contributed by atoms with Gasteiger partial charge in [0.15, 0.2) is 0 Å². The summed E-state index contributed by atoms with van der Waals surface area (Å²) in [7, 11) is 0. The molecule has 0 saturated carbocycles. The third-order valence-corrected chi connectivity index (χ3v) is 3.00. The van der Waals surface area contributed by atoms with Gasteiger partial charge in [0.1, 0.15) is 0 Å². The molecule has 19 heavy (non-hydrogen) atoms. The average Bonchev–Trinajstić information content (AvgIpc) is 2.40. The molecule has 0 saturated heterocycles. The van der Waals surface area contributed by atoms with Crippen LogP contribution in [0.15, 0.2) is 54.6 Å². The van der Waals surface area contributed by atoms with E-state index < -0.39 is 0 Å². The van der Waals surface area contributed by atoms with Crippen molar-refractivity contribution in [1.29, 1.82) is 0 Å². The zero-order valence-corrected chi connectivity index (χ0v) is 11.3. The standard InChI is InChI=1S/C15H15ClN2O/c1-11(12-7-9-13(16)10-8-12)17-15(19)18-14-5-3-2-4-6-14/h2-11H,1H3,(H2,17,18,19). The van der Waals surface area contributed by atoms with Crippen molar-refractivity contribution in [2.75, 3.05) is 5.32 Å². The summed E-state index contributed by atoms with van der Waals surface area (Å²) in [6.45, 7) is 1.92. The topological polar surface area (TPSA) is 41.1 Å². The number of benzene rings is 2. The molecule has 0 aliphatic carbocycles. The molecule has 4 heteroatoms. The Hall–Kier alpha value is -2.00. The van der Waals surface area contributed by atoms with Crippen LogP contribution in [0.3, 0.4) is 0 Å². The molecule has 3 nitrogen and oxygen atoms in total. The van der Waals surface area contributed by atoms with Crippen LogP contribution in [0.4, 0.5) is 10.5 Å². The van der Waals surface area contributed by atoms with Gasteiger partial charge in [-0.3, -0.25) is 0 Å². The summed E-state index contributed by atoms with van der Waals surface area (Å²) < 4.78 is 0. The number of anilines is 1. The molecule has 0 spiro atoms. The first-order valence-electron chi connectivity index (χ1n) is 6.03. The van der Waals surface area contributed by atoms with E-state index >= 15 is 0 Å². The highest BCUT2D eigenvalue weighted by Crippen LogP contribution is 2.16. The molecule has 0 radical (unpaired) electrons. The Bertz CT molecular complexity index is 540. The number of hydrogen-bond acceptors (Lipinski definition) is 1. The highest BCUT2D eigenvalue weighted by Gasteiger charge is 2.09. The Morgan fingerprint density at radius 2 is 1.68 bits per heavy atom. The van der Waals surface area contributed by atoms with Crippen LogP contribution >= 0.6 is 11.6 Å². The molecule has 0 aliphatic heterocycles. The average molecular weight is 275 g/mol. The van der Waals surface area contributed by atoms with Crippen LogP contribution in [0.2, 0.25) is 5.02 Å². The first-order chi connectivity index (χ1) is 9.15. The first-order valence-corrected chi connectivity index (χ1v) is 6.41. The summed E-state index contributed by atoms with van der Waals surface area (Å²) in [4.78, 5) is 11.8. The fraction of sp³-hybridized carbons (Fsp3) is 0.133. The zero-order chi connectivity index (χ0) is 13.7. The van der Waals surface area contributed by atoms with Crippen molar-refractivity contribution >= 4 is 23.3 Å². The van der Waals surface area contributed by atoms with Crippen LogP contribution < -0.4 is 10.6 Å². The minimum atomic E-state index is -0.228. The van der Waals surface area contributed by atoms with E-state index in [0.29, 0.717) is 5.02 Å². The highest BCUT2D eigenvalue weighted by atomic mass is 35.5. The summed E-state index contributed by atoms with van der Waals surface area (Å²) >= 11 is 5.83. The monoisotopic (exact) mass is 274 g/mol. The van der Waals surface area contributed by atoms with E-state index in [0.717, 1.165) is 11.3 Å². The third-order valence-electron chi connectivity index (χ3n) is 2.75. The van der Waals surface area contributed by atoms with Crippen molar-refractivity contribution in [3.05, 3.63) is 65.2 Å². The van der Waals surface area contributed by atoms with Crippen molar-refractivity contribution < 1.29 is 4.79 Å². The molecule has 0 heterocycles. The van der Waals surface area contributed by atoms with Crippen LogP contribution in [0.1, 0.15) is 18.5 Å². The number of nitrogens with one attached hydrogen (secondary N) is 2. The second-order valence-electron chi connectivity index (χ2n) is 4.24. The van der Waals surface area contributed by atoms with Crippen LogP contribution in [-0.4, -0.2) is 6.03 Å². The molecule has 0 fully saturated rings. The van der Waals surface area contributed by atoms with Gasteiger partial charge in [0, 0.05) is 10.7 Å². The SMILES string of the molecule is CC(NC(=O)Nc1ccccc1)c1ccc(Cl)cc1. The van der Waals surface area contributed by atoms with Gasteiger partial charge in [-0.05, 0) is 36.8 Å². The van der Waals surface area contributed by atoms with E-state index in [1.807, 2.05) is 61.5 Å². The lowest BCUT2D eigenvalue weighted by molar-refractivity contribution is 0.249. The smallest absolute Gasteiger partial charge is 0.319 e. The molecule has 2 amide bonds. The molecular weight excluding hydrogens is 260 g/mol. The summed E-state index contributed by atoms with van der Waals surface area (Å²) in [5, 5.41) is 6.33. The minimum Gasteiger partial charge on any atom is -0.331 e. The van der Waals surface area contributed by atoms with Crippen molar-refractivity contribution in [2.24, 2.45) is 0 Å². The maximum absolute atomic E-state index is 11.8. The van der Waals surface area contributed by atoms with Gasteiger partial charge in [0.05, 0.1) is 6.04 Å². The van der Waals surface area contributed by atoms with Gasteiger partial charge in [-0.1, -0.05) is 41.9 Å². The lowest BCUT2D eigenvalue weighted by atomic mass is 10.1. The number of rotatable bonds is 3. The number of carbonyl (C=O) groups excluding carboxylic acids is 1. The maximum Gasteiger partial charge on any atom is 0.319 e. The van der Waals surface area contributed by atoms with Crippen LogP contribution in [0, 0.1) is 0 Å². The number of urea groups is 1. The predicted octanol–water partition coefficient (Wildman–Crippen LogP) is 4.22. The predicted molar refractivity (Wildman–Crippen MR) is 78.5 cm³/mol. The van der Waals surface area contributed by atoms with Gasteiger partial charge in [-0.15, -0.1) is 0 Å². The van der Waals surface area contributed by atoms with Crippen molar-refractivity contribution in [2.45, 2.75) is 13.0 Å². The lowest BCUT2D eigenvalue weighted by Crippen LogP contribution is -2.31. The maximum atomic E-state index is 11.8. The normalized spacial score (nSPS) is 11.7. The zero-order valence-electron chi connectivity index (χ0n) is 10.6. The molecule has 2 rings (SSSR count). The number of para-hydroxylation sites is 1. The molecule has 0 aliphatic rings. The van der Waals surface area contributed by atoms with E-state index in [1.165, 1.54) is 0 Å². The second kappa shape index (κ2) is 6.25. The number of carbonyl (C=O) groups is 1. The summed E-state index contributed by atoms with van der Waals surface area (Å²) in [6.07, 6.45) is 0. The van der Waals surface area contributed by atoms with E-state index in [9.17, 15) is 4.79 Å². The second-order valence-corrected chi connectivity index (χ2v) is 4.67. The van der Waals surface area contributed by atoms with Gasteiger partial charge in [0.25, 0.3) is 0 Å². The molecule has 2 aromatic carbocycles. The van der Waals surface area contributed by atoms with E-state index in [-0.39, 0.29) is 12.1 Å². The van der Waals surface area contributed by atoms with E-state index in [1.54, 1.807) is 0 Å². The first kappa shape index (κ1) is 13.4. The molecular formula is C15H15ClN2O. The molecule has 0 bridgehead atoms. The Labute approximate surface area is 117 Å². The van der Waals surface area contributed by atoms with Gasteiger partial charge in [0.2, 0.25) is 0 Å². The van der Waals surface area contributed by atoms with Crippen molar-refractivity contribution in [3.8, 4) is 0 Å². The van der Waals surface area contributed by atoms with Crippen LogP contribution in [0.25, 0.3) is 0 Å². The van der Waals surface area contributed by atoms with Crippen molar-refractivity contribution in [3.63, 3.8) is 0 Å². The summed E-state index contributed by atoms with van der Waals surface area (Å²) in [5.41, 5.74) is 1.77. The van der Waals surface area contributed by atoms with E-state index in [2.05, 4.69) is 10.6 Å². The summed E-state index contributed by atoms with van der Waals surface area (Å²) in [6, 6.07) is 16.4. The number of halogens is 1. The lowest BCUT2D eigenvalue weighted by Gasteiger charge is -2.15. The van der Waals surface area contributed by atoms with E-state index in [4.69, 9.17) is 11.6 Å². The molecule has 98 valence electrons. The fourth-order valence-electron chi connectivity index (χ4n) is 1.72. The highest BCUT2D eigenvalue weighted by molar-refractivity contribution is 6.30. The number of amides is 2. The fourth-order valence-corrected chi connectivity index (χ4v) is 1.85. The van der Waals surface area contributed by atoms with Gasteiger partial charge in [-0.2, -0.15) is 0 Å². The van der Waals surface area contributed by atoms with Crippen molar-refractivity contribution in [1.82, 2.24) is 5.32 Å². The Morgan fingerprint density at radius 3 is 2.32 bits per heavy atom. The molecule has 2 N–H and O–H groups in total. The van der Waals surface area contributed by atoms with Crippen LogP contribution in [0.5, 0.6) is 0 Å². The summed E-state index contributed by atoms with van der Waals surface area (Å²) in [5.74, 6) is 0. The number of hydrogen-bond donors (Lipinski definition) is 2. The molecule has 2 aromatic rings. The Kier molecular flexibility index (Phi) is 4.42. The minimum absolute atomic E-state index is 0.0824. The third kappa shape index (κ3) is 4.00. The molecule has 1 unspecified atom stereocenters. The molecule has 0 aromatic heterocycles. The quantitative estimate of drug-likeness (QED) is 0.864. The Balaban J connectivity index is 1.93. The van der Waals surface area contributed by atoms with Gasteiger partial charge >= 0.3 is 6.03 Å². The largest absolute Gasteiger partial charge is 0.331 e. The van der Waals surface area contributed by atoms with Gasteiger partial charge < -0.3 is 10.6 Å².